The van der Waals surface area contributed by atoms with Crippen molar-refractivity contribution in [2.24, 2.45) is 0 Å². The Morgan fingerprint density at radius 2 is 1.74 bits per heavy atom. The fourth-order valence-electron chi connectivity index (χ4n) is 4.16. The molecule has 3 heterocycles. The summed E-state index contributed by atoms with van der Waals surface area (Å²) in [6.07, 6.45) is 2.97. The Balaban J connectivity index is 1.57. The first-order valence-corrected chi connectivity index (χ1v) is 10.7. The van der Waals surface area contributed by atoms with Gasteiger partial charge in [0.15, 0.2) is 0 Å². The van der Waals surface area contributed by atoms with Crippen LogP contribution in [0.5, 0.6) is 0 Å². The number of halogens is 1. The van der Waals surface area contributed by atoms with Crippen LogP contribution in [-0.4, -0.2) is 27.3 Å². The molecule has 34 heavy (non-hydrogen) atoms. The Hall–Kier alpha value is -4.46. The van der Waals surface area contributed by atoms with Crippen molar-refractivity contribution < 1.29 is 23.2 Å². The summed E-state index contributed by atoms with van der Waals surface area (Å²) in [5.41, 5.74) is 3.20. The van der Waals surface area contributed by atoms with Crippen molar-refractivity contribution in [3.63, 3.8) is 0 Å². The molecular formula is C26H20FN3O4. The average molecular weight is 457 g/mol. The number of carbonyl (C=O) groups is 3. The Kier molecular flexibility index (Phi) is 5.33. The third-order valence-electron chi connectivity index (χ3n) is 5.90. The number of para-hydroxylation sites is 1. The van der Waals surface area contributed by atoms with Gasteiger partial charge in [-0.1, -0.05) is 30.3 Å². The second-order valence-electron chi connectivity index (χ2n) is 8.02. The number of amides is 4. The van der Waals surface area contributed by atoms with Crippen molar-refractivity contribution in [3.8, 4) is 0 Å². The number of benzene rings is 2. The molecule has 4 amide bonds. The molecule has 7 nitrogen and oxygen atoms in total. The summed E-state index contributed by atoms with van der Waals surface area (Å²) in [6.45, 7) is 2.29. The van der Waals surface area contributed by atoms with Crippen molar-refractivity contribution in [2.75, 3.05) is 0 Å². The molecule has 0 spiro atoms. The average Bonchev–Trinajstić information content (AvgIpc) is 3.43. The van der Waals surface area contributed by atoms with Crippen LogP contribution in [0, 0.1) is 12.7 Å². The molecule has 1 aliphatic heterocycles. The molecular weight excluding hydrogens is 437 g/mol. The number of hydrogen-bond acceptors (Lipinski definition) is 4. The van der Waals surface area contributed by atoms with Crippen LogP contribution in [0.15, 0.2) is 76.9 Å². The first kappa shape index (κ1) is 21.4. The molecule has 4 aromatic rings. The van der Waals surface area contributed by atoms with Gasteiger partial charge in [-0.15, -0.1) is 0 Å². The Bertz CT molecular complexity index is 1450. The number of nitrogens with zero attached hydrogens (tertiary/aromatic N) is 2. The lowest BCUT2D eigenvalue weighted by Gasteiger charge is -2.25. The van der Waals surface area contributed by atoms with Gasteiger partial charge in [0.25, 0.3) is 11.8 Å². The summed E-state index contributed by atoms with van der Waals surface area (Å²) in [5, 5.41) is 3.09. The van der Waals surface area contributed by atoms with Gasteiger partial charge in [-0.3, -0.25) is 19.8 Å². The van der Waals surface area contributed by atoms with Crippen LogP contribution in [0.1, 0.15) is 22.6 Å². The van der Waals surface area contributed by atoms with E-state index in [9.17, 15) is 18.8 Å². The van der Waals surface area contributed by atoms with Gasteiger partial charge in [0.1, 0.15) is 17.2 Å². The predicted octanol–water partition coefficient (Wildman–Crippen LogP) is 4.39. The van der Waals surface area contributed by atoms with Crippen LogP contribution in [0.3, 0.4) is 0 Å². The van der Waals surface area contributed by atoms with E-state index in [4.69, 9.17) is 4.42 Å². The maximum absolute atomic E-state index is 13.4. The van der Waals surface area contributed by atoms with Gasteiger partial charge in [0.05, 0.1) is 12.8 Å². The molecule has 170 valence electrons. The zero-order chi connectivity index (χ0) is 23.8. The number of fused-ring (bicyclic) bond motifs is 1. The van der Waals surface area contributed by atoms with Gasteiger partial charge in [-0.25, -0.2) is 9.18 Å². The van der Waals surface area contributed by atoms with Crippen LogP contribution in [0.2, 0.25) is 0 Å². The number of urea groups is 1. The molecule has 1 fully saturated rings. The maximum Gasteiger partial charge on any atom is 0.331 e. The summed E-state index contributed by atoms with van der Waals surface area (Å²) in [7, 11) is 0. The number of nitrogens with one attached hydrogen (secondary N) is 1. The number of aromatic nitrogens is 1. The quantitative estimate of drug-likeness (QED) is 0.356. The van der Waals surface area contributed by atoms with E-state index in [0.717, 1.165) is 27.1 Å². The number of imide groups is 2. The molecule has 5 rings (SSSR count). The van der Waals surface area contributed by atoms with Crippen molar-refractivity contribution in [1.82, 2.24) is 14.8 Å². The van der Waals surface area contributed by atoms with Crippen LogP contribution >= 0.6 is 0 Å². The van der Waals surface area contributed by atoms with Gasteiger partial charge < -0.3 is 8.98 Å². The first-order chi connectivity index (χ1) is 16.4. The van der Waals surface area contributed by atoms with Crippen molar-refractivity contribution in [1.29, 1.82) is 0 Å². The Morgan fingerprint density at radius 3 is 2.47 bits per heavy atom. The monoisotopic (exact) mass is 457 g/mol. The lowest BCUT2D eigenvalue weighted by Crippen LogP contribution is -2.53. The van der Waals surface area contributed by atoms with Crippen LogP contribution in [0.25, 0.3) is 17.0 Å². The second kappa shape index (κ2) is 8.47. The van der Waals surface area contributed by atoms with Crippen LogP contribution in [-0.2, 0) is 22.7 Å². The first-order valence-electron chi connectivity index (χ1n) is 10.7. The fraction of sp³-hybridized carbons (Fsp3) is 0.115. The minimum absolute atomic E-state index is 0.0897. The van der Waals surface area contributed by atoms with Crippen molar-refractivity contribution in [3.05, 3.63) is 101 Å². The molecule has 2 aromatic heterocycles. The van der Waals surface area contributed by atoms with Crippen LogP contribution < -0.4 is 5.32 Å². The number of furan rings is 1. The smallest absolute Gasteiger partial charge is 0.331 e. The molecule has 0 saturated carbocycles. The minimum Gasteiger partial charge on any atom is -0.467 e. The molecule has 0 bridgehead atoms. The number of barbiturate groups is 1. The van der Waals surface area contributed by atoms with Gasteiger partial charge in [-0.05, 0) is 48.9 Å². The standard InChI is InChI=1S/C26H20FN3O4/c1-16-21(13-22-24(31)28-26(33)30(25(22)32)15-19-5-4-12-34-19)20-6-2-3-7-23(20)29(16)14-17-8-10-18(27)11-9-17/h2-13H,14-15H2,1H3,(H,28,31,33)/b22-13-. The lowest BCUT2D eigenvalue weighted by molar-refractivity contribution is -0.130. The van der Waals surface area contributed by atoms with Crippen molar-refractivity contribution in [2.45, 2.75) is 20.0 Å². The molecule has 2 aromatic carbocycles. The lowest BCUT2D eigenvalue weighted by atomic mass is 10.0. The van der Waals surface area contributed by atoms with Crippen molar-refractivity contribution >= 4 is 34.8 Å². The molecule has 0 radical (unpaired) electrons. The number of carbonyl (C=O) groups excluding carboxylic acids is 3. The number of rotatable bonds is 5. The fourth-order valence-corrected chi connectivity index (χ4v) is 4.16. The number of hydrogen-bond donors (Lipinski definition) is 1. The highest BCUT2D eigenvalue weighted by molar-refractivity contribution is 6.31. The van der Waals surface area contributed by atoms with E-state index >= 15 is 0 Å². The summed E-state index contributed by atoms with van der Waals surface area (Å²) >= 11 is 0. The van der Waals surface area contributed by atoms with E-state index in [0.29, 0.717) is 17.9 Å². The summed E-state index contributed by atoms with van der Waals surface area (Å²) < 4.78 is 20.7. The normalized spacial score (nSPS) is 15.4. The maximum atomic E-state index is 13.4. The zero-order valence-electron chi connectivity index (χ0n) is 18.2. The molecule has 8 heteroatoms. The van der Waals surface area contributed by atoms with Gasteiger partial charge in [-0.2, -0.15) is 0 Å². The highest BCUT2D eigenvalue weighted by atomic mass is 19.1. The van der Waals surface area contributed by atoms with Crippen LogP contribution in [0.4, 0.5) is 9.18 Å². The minimum atomic E-state index is -0.793. The topological polar surface area (TPSA) is 84.6 Å². The zero-order valence-corrected chi connectivity index (χ0v) is 18.2. The van der Waals surface area contributed by atoms with E-state index in [2.05, 4.69) is 5.32 Å². The van der Waals surface area contributed by atoms with Gasteiger partial charge in [0, 0.05) is 28.7 Å². The molecule has 1 saturated heterocycles. The molecule has 1 aliphatic rings. The summed E-state index contributed by atoms with van der Waals surface area (Å²) in [4.78, 5) is 39.0. The Labute approximate surface area is 194 Å². The highest BCUT2D eigenvalue weighted by Crippen LogP contribution is 2.30. The third-order valence-corrected chi connectivity index (χ3v) is 5.90. The van der Waals surface area contributed by atoms with E-state index in [1.807, 2.05) is 35.8 Å². The van der Waals surface area contributed by atoms with E-state index in [1.165, 1.54) is 24.5 Å². The van der Waals surface area contributed by atoms with E-state index < -0.39 is 17.8 Å². The predicted molar refractivity (Wildman–Crippen MR) is 123 cm³/mol. The molecule has 1 N–H and O–H groups in total. The molecule has 0 aliphatic carbocycles. The summed E-state index contributed by atoms with van der Waals surface area (Å²) in [5.74, 6) is -1.33. The Morgan fingerprint density at radius 1 is 0.971 bits per heavy atom. The summed E-state index contributed by atoms with van der Waals surface area (Å²) in [6, 6.07) is 16.4. The van der Waals surface area contributed by atoms with Gasteiger partial charge >= 0.3 is 6.03 Å². The third kappa shape index (κ3) is 3.79. The van der Waals surface area contributed by atoms with E-state index in [1.54, 1.807) is 24.3 Å². The second-order valence-corrected chi connectivity index (χ2v) is 8.02. The molecule has 0 unspecified atom stereocenters. The largest absolute Gasteiger partial charge is 0.467 e. The highest BCUT2D eigenvalue weighted by Gasteiger charge is 2.36. The van der Waals surface area contributed by atoms with Gasteiger partial charge in [0.2, 0.25) is 0 Å². The molecule has 0 atom stereocenters. The SMILES string of the molecule is Cc1c(/C=C2/C(=O)NC(=O)N(Cc3ccco3)C2=O)c2ccccc2n1Cc1ccc(F)cc1. The van der Waals surface area contributed by atoms with E-state index in [-0.39, 0.29) is 17.9 Å².